The van der Waals surface area contributed by atoms with Crippen LogP contribution in [0, 0.1) is 5.41 Å². The quantitative estimate of drug-likeness (QED) is 0.524. The van der Waals surface area contributed by atoms with Gasteiger partial charge >= 0.3 is 5.97 Å². The van der Waals surface area contributed by atoms with Crippen LogP contribution in [0.1, 0.15) is 54.4 Å². The summed E-state index contributed by atoms with van der Waals surface area (Å²) in [5.41, 5.74) is 2.69. The summed E-state index contributed by atoms with van der Waals surface area (Å²) in [5, 5.41) is 7.86. The van der Waals surface area contributed by atoms with Crippen molar-refractivity contribution in [2.45, 2.75) is 52.0 Å². The van der Waals surface area contributed by atoms with Gasteiger partial charge in [0.2, 0.25) is 0 Å². The molecule has 156 valence electrons. The minimum absolute atomic E-state index is 0.00930. The number of rotatable bonds is 8. The number of carbonyl (C=O) groups excluding carboxylic acids is 2. The summed E-state index contributed by atoms with van der Waals surface area (Å²) in [4.78, 5) is 24.4. The summed E-state index contributed by atoms with van der Waals surface area (Å²) in [6, 6.07) is 0. The van der Waals surface area contributed by atoms with Crippen LogP contribution >= 0.6 is 11.8 Å². The first-order valence-corrected chi connectivity index (χ1v) is 11.6. The number of esters is 1. The third-order valence-electron chi connectivity index (χ3n) is 5.70. The van der Waals surface area contributed by atoms with E-state index in [2.05, 4.69) is 5.32 Å². The lowest BCUT2D eigenvalue weighted by Crippen LogP contribution is -2.40. The number of carbonyl (C=O) groups is 2. The molecule has 1 N–H and O–H groups in total. The van der Waals surface area contributed by atoms with Crippen LogP contribution in [-0.2, 0) is 33.7 Å². The molecule has 0 saturated carbocycles. The van der Waals surface area contributed by atoms with Crippen molar-refractivity contribution < 1.29 is 19.1 Å². The number of hydrogen-bond acceptors (Lipinski definition) is 6. The topological polar surface area (TPSA) is 82.5 Å². The van der Waals surface area contributed by atoms with Crippen LogP contribution in [0.5, 0.6) is 0 Å². The van der Waals surface area contributed by atoms with Crippen LogP contribution in [0.2, 0.25) is 0 Å². The molecular weight excluding hydrogens is 378 g/mol. The Morgan fingerprint density at radius 2 is 2.18 bits per heavy atom. The molecule has 2 aliphatic heterocycles. The van der Waals surface area contributed by atoms with E-state index >= 15 is 0 Å². The Balaban J connectivity index is 1.70. The molecule has 0 atom stereocenters. The van der Waals surface area contributed by atoms with Crippen LogP contribution in [0.25, 0.3) is 0 Å². The Hall–Kier alpha value is -1.54. The molecule has 0 aliphatic carbocycles. The first-order chi connectivity index (χ1) is 13.6. The van der Waals surface area contributed by atoms with Gasteiger partial charge in [0, 0.05) is 38.5 Å². The summed E-state index contributed by atoms with van der Waals surface area (Å²) in [7, 11) is 0. The maximum Gasteiger partial charge on any atom is 0.306 e. The molecule has 8 heteroatoms. The number of fused-ring (bicyclic) bond motifs is 1. The molecule has 7 nitrogen and oxygen atoms in total. The van der Waals surface area contributed by atoms with E-state index in [9.17, 15) is 9.59 Å². The molecular formula is C20H31N3O4S. The Labute approximate surface area is 170 Å². The van der Waals surface area contributed by atoms with Crippen molar-refractivity contribution in [2.75, 3.05) is 38.4 Å². The van der Waals surface area contributed by atoms with Crippen LogP contribution in [0.15, 0.2) is 0 Å². The van der Waals surface area contributed by atoms with Gasteiger partial charge in [-0.2, -0.15) is 16.9 Å². The highest BCUT2D eigenvalue weighted by Crippen LogP contribution is 2.37. The van der Waals surface area contributed by atoms with E-state index in [4.69, 9.17) is 14.6 Å². The van der Waals surface area contributed by atoms with Gasteiger partial charge < -0.3 is 14.8 Å². The predicted octanol–water partition coefficient (Wildman–Crippen LogP) is 2.21. The summed E-state index contributed by atoms with van der Waals surface area (Å²) in [5.74, 6) is 0.625. The molecule has 0 radical (unpaired) electrons. The predicted molar refractivity (Wildman–Crippen MR) is 109 cm³/mol. The Bertz CT molecular complexity index is 698. The summed E-state index contributed by atoms with van der Waals surface area (Å²) in [6.45, 7) is 5.24. The van der Waals surface area contributed by atoms with Gasteiger partial charge in [-0.1, -0.05) is 6.92 Å². The van der Waals surface area contributed by atoms with Gasteiger partial charge in [0.05, 0.1) is 30.0 Å². The second-order valence-corrected chi connectivity index (χ2v) is 8.62. The SMILES string of the molecule is CCc1nn(CCCOC(=O)CCSC)c2c1C(=O)NCC1(CCOCC1)C2. The van der Waals surface area contributed by atoms with Crippen molar-refractivity contribution in [2.24, 2.45) is 5.41 Å². The fraction of sp³-hybridized carbons (Fsp3) is 0.750. The number of amides is 1. The van der Waals surface area contributed by atoms with Crippen molar-refractivity contribution in [3.63, 3.8) is 0 Å². The number of ether oxygens (including phenoxy) is 2. The van der Waals surface area contributed by atoms with Gasteiger partial charge in [0.1, 0.15) is 0 Å². The fourth-order valence-electron chi connectivity index (χ4n) is 4.02. The normalized spacial score (nSPS) is 18.4. The molecule has 1 aromatic heterocycles. The fourth-order valence-corrected chi connectivity index (χ4v) is 4.39. The molecule has 28 heavy (non-hydrogen) atoms. The molecule has 0 unspecified atom stereocenters. The van der Waals surface area contributed by atoms with Gasteiger partial charge in [0.25, 0.3) is 5.91 Å². The number of thioether (sulfide) groups is 1. The molecule has 3 heterocycles. The maximum atomic E-state index is 12.8. The third-order valence-corrected chi connectivity index (χ3v) is 6.31. The first kappa shape index (κ1) is 21.2. The number of hydrogen-bond donors (Lipinski definition) is 1. The van der Waals surface area contributed by atoms with Crippen molar-refractivity contribution in [3.8, 4) is 0 Å². The van der Waals surface area contributed by atoms with Gasteiger partial charge in [-0.15, -0.1) is 0 Å². The second-order valence-electron chi connectivity index (χ2n) is 7.63. The molecule has 1 fully saturated rings. The van der Waals surface area contributed by atoms with E-state index in [1.807, 2.05) is 17.9 Å². The minimum Gasteiger partial charge on any atom is -0.466 e. The van der Waals surface area contributed by atoms with Gasteiger partial charge in [0.15, 0.2) is 0 Å². The zero-order chi connectivity index (χ0) is 20.0. The number of aromatic nitrogens is 2. The van der Waals surface area contributed by atoms with E-state index in [1.165, 1.54) is 0 Å². The molecule has 1 saturated heterocycles. The lowest BCUT2D eigenvalue weighted by atomic mass is 9.76. The summed E-state index contributed by atoms with van der Waals surface area (Å²) in [6.07, 6.45) is 6.58. The van der Waals surface area contributed by atoms with E-state index in [0.29, 0.717) is 32.5 Å². The van der Waals surface area contributed by atoms with E-state index in [-0.39, 0.29) is 17.3 Å². The van der Waals surface area contributed by atoms with Gasteiger partial charge in [-0.05, 0) is 37.4 Å². The smallest absolute Gasteiger partial charge is 0.306 e. The van der Waals surface area contributed by atoms with Crippen LogP contribution in [0.4, 0.5) is 0 Å². The lowest BCUT2D eigenvalue weighted by molar-refractivity contribution is -0.143. The highest BCUT2D eigenvalue weighted by atomic mass is 32.2. The Morgan fingerprint density at radius 3 is 2.89 bits per heavy atom. The Kier molecular flexibility index (Phi) is 7.40. The average Bonchev–Trinajstić information content (AvgIpc) is 2.98. The molecule has 3 rings (SSSR count). The monoisotopic (exact) mass is 409 g/mol. The zero-order valence-corrected chi connectivity index (χ0v) is 17.7. The number of aryl methyl sites for hydroxylation is 2. The van der Waals surface area contributed by atoms with Crippen LogP contribution in [-0.4, -0.2) is 60.0 Å². The molecule has 1 spiro atoms. The van der Waals surface area contributed by atoms with E-state index in [0.717, 1.165) is 61.6 Å². The average molecular weight is 410 g/mol. The number of nitrogens with zero attached hydrogens (tertiary/aromatic N) is 2. The van der Waals surface area contributed by atoms with Gasteiger partial charge in [-0.3, -0.25) is 14.3 Å². The maximum absolute atomic E-state index is 12.8. The third kappa shape index (κ3) is 4.89. The molecule has 0 aromatic carbocycles. The van der Waals surface area contributed by atoms with E-state index < -0.39 is 0 Å². The molecule has 1 aromatic rings. The molecule has 1 amide bonds. The Morgan fingerprint density at radius 1 is 1.39 bits per heavy atom. The van der Waals surface area contributed by atoms with Crippen molar-refractivity contribution in [1.82, 2.24) is 15.1 Å². The highest BCUT2D eigenvalue weighted by Gasteiger charge is 2.39. The minimum atomic E-state index is -0.150. The second kappa shape index (κ2) is 9.78. The summed E-state index contributed by atoms with van der Waals surface area (Å²) < 4.78 is 12.8. The zero-order valence-electron chi connectivity index (χ0n) is 16.9. The van der Waals surface area contributed by atoms with Crippen LogP contribution in [0.3, 0.4) is 0 Å². The lowest BCUT2D eigenvalue weighted by Gasteiger charge is -2.36. The van der Waals surface area contributed by atoms with Crippen molar-refractivity contribution >= 4 is 23.6 Å². The highest BCUT2D eigenvalue weighted by molar-refractivity contribution is 7.98. The van der Waals surface area contributed by atoms with Crippen LogP contribution < -0.4 is 5.32 Å². The number of nitrogens with one attached hydrogen (secondary N) is 1. The van der Waals surface area contributed by atoms with Crippen molar-refractivity contribution in [1.29, 1.82) is 0 Å². The molecule has 2 aliphatic rings. The van der Waals surface area contributed by atoms with Gasteiger partial charge in [-0.25, -0.2) is 0 Å². The standard InChI is InChI=1S/C20H31N3O4S/c1-3-15-18-16(13-20(14-21-19(18)25)6-10-26-11-7-20)23(22-15)8-4-9-27-17(24)5-12-28-2/h3-14H2,1-2H3,(H,21,25). The summed E-state index contributed by atoms with van der Waals surface area (Å²) >= 11 is 1.64. The van der Waals surface area contributed by atoms with E-state index in [1.54, 1.807) is 11.8 Å². The van der Waals surface area contributed by atoms with Crippen molar-refractivity contribution in [3.05, 3.63) is 17.0 Å². The molecule has 0 bridgehead atoms. The largest absolute Gasteiger partial charge is 0.466 e. The first-order valence-electron chi connectivity index (χ1n) is 10.2.